The van der Waals surface area contributed by atoms with Crippen molar-refractivity contribution >= 4 is 144 Å². The van der Waals surface area contributed by atoms with E-state index in [9.17, 15) is 0 Å². The maximum Gasteiger partial charge on any atom is 0.252 e. The summed E-state index contributed by atoms with van der Waals surface area (Å²) in [6.45, 7) is 20.9. The molecule has 0 radical (unpaired) electrons. The minimum Gasteiger partial charge on any atom is -0.311 e. The molecule has 2 aliphatic heterocycles. The predicted octanol–water partition coefficient (Wildman–Crippen LogP) is 28.7. The van der Waals surface area contributed by atoms with Crippen LogP contribution in [0.15, 0.2) is 376 Å². The van der Waals surface area contributed by atoms with Crippen LogP contribution in [0.3, 0.4) is 0 Å². The second kappa shape index (κ2) is 27.1. The number of para-hydroxylation sites is 5. The molecule has 17 aromatic carbocycles. The van der Waals surface area contributed by atoms with E-state index in [1.54, 1.807) is 0 Å². The van der Waals surface area contributed by atoms with E-state index in [0.717, 1.165) is 134 Å². The van der Waals surface area contributed by atoms with E-state index in [1.807, 2.05) is 0 Å². The zero-order valence-electron chi connectivity index (χ0n) is 69.6. The largest absolute Gasteiger partial charge is 0.311 e. The van der Waals surface area contributed by atoms with Crippen LogP contribution >= 0.6 is 0 Å². The Kier molecular flexibility index (Phi) is 16.1. The summed E-state index contributed by atoms with van der Waals surface area (Å²) in [4.78, 5) is 5.42. The zero-order chi connectivity index (χ0) is 81.5. The lowest BCUT2D eigenvalue weighted by molar-refractivity contribution is 0.590. The van der Waals surface area contributed by atoms with Gasteiger partial charge < -0.3 is 28.1 Å². The lowest BCUT2D eigenvalue weighted by Crippen LogP contribution is -2.61. The molecule has 4 aromatic heterocycles. The van der Waals surface area contributed by atoms with Crippen LogP contribution in [0.4, 0.5) is 34.1 Å². The monoisotopic (exact) mass is 1550 g/mol. The smallest absolute Gasteiger partial charge is 0.252 e. The van der Waals surface area contributed by atoms with Crippen molar-refractivity contribution in [1.82, 2.24) is 18.3 Å². The van der Waals surface area contributed by atoms with Crippen LogP contribution in [0.25, 0.3) is 154 Å². The molecule has 23 rings (SSSR count). The maximum atomic E-state index is 2.75. The number of hydrogen-bond donors (Lipinski definition) is 0. The van der Waals surface area contributed by atoms with Crippen LogP contribution in [0, 0.1) is 0 Å². The van der Waals surface area contributed by atoms with Gasteiger partial charge in [0.15, 0.2) is 0 Å². The molecule has 0 unspecified atom stereocenters. The number of benzene rings is 17. The average molecular weight is 1550 g/mol. The first-order valence-corrected chi connectivity index (χ1v) is 42.7. The maximum absolute atomic E-state index is 2.75. The van der Waals surface area contributed by atoms with Gasteiger partial charge in [0.05, 0.1) is 55.5 Å². The van der Waals surface area contributed by atoms with Gasteiger partial charge in [0.1, 0.15) is 0 Å². The van der Waals surface area contributed by atoms with Gasteiger partial charge >= 0.3 is 0 Å². The van der Waals surface area contributed by atoms with Crippen molar-refractivity contribution in [2.24, 2.45) is 0 Å². The Bertz CT molecular complexity index is 7530. The first-order valence-electron chi connectivity index (χ1n) is 42.7. The molecular formula is C114H89BN6. The van der Waals surface area contributed by atoms with Crippen LogP contribution in [-0.2, 0) is 16.2 Å². The van der Waals surface area contributed by atoms with E-state index in [0.29, 0.717) is 0 Å². The van der Waals surface area contributed by atoms with Crippen molar-refractivity contribution in [1.29, 1.82) is 0 Å². The number of fused-ring (bicyclic) bond motifs is 16. The molecular weight excluding hydrogens is 1460 g/mol. The van der Waals surface area contributed by atoms with Crippen LogP contribution in [0.5, 0.6) is 0 Å². The third-order valence-corrected chi connectivity index (χ3v) is 26.1. The summed E-state index contributed by atoms with van der Waals surface area (Å²) < 4.78 is 10.1. The fourth-order valence-corrected chi connectivity index (χ4v) is 20.2. The van der Waals surface area contributed by atoms with Crippen molar-refractivity contribution in [3.05, 3.63) is 393 Å². The number of anilines is 6. The topological polar surface area (TPSA) is 26.2 Å². The van der Waals surface area contributed by atoms with Gasteiger partial charge in [-0.25, -0.2) is 0 Å². The van der Waals surface area contributed by atoms with E-state index in [1.165, 1.54) is 87.2 Å². The molecule has 7 heteroatoms. The van der Waals surface area contributed by atoms with E-state index < -0.39 is 0 Å². The summed E-state index contributed by atoms with van der Waals surface area (Å²) in [5, 5.41) is 9.75. The van der Waals surface area contributed by atoms with E-state index in [4.69, 9.17) is 0 Å². The third-order valence-electron chi connectivity index (χ3n) is 26.1. The first-order chi connectivity index (χ1) is 58.9. The van der Waals surface area contributed by atoms with Crippen molar-refractivity contribution in [3.8, 4) is 67.3 Å². The van der Waals surface area contributed by atoms with Crippen molar-refractivity contribution in [3.63, 3.8) is 0 Å². The second-order valence-corrected chi connectivity index (χ2v) is 36.5. The molecule has 2 aliphatic rings. The molecule has 6 heterocycles. The van der Waals surface area contributed by atoms with Crippen molar-refractivity contribution < 1.29 is 0 Å². The van der Waals surface area contributed by atoms with Crippen LogP contribution in [0.1, 0.15) is 79.0 Å². The highest BCUT2D eigenvalue weighted by molar-refractivity contribution is 7.00. The Morgan fingerprint density at radius 1 is 0.198 bits per heavy atom. The standard InChI is InChI=1S/C114H89BN6/c1-112(2,3)78-50-57-103-93(63-78)94-64-79(113(4,5)6)51-58-104(94)119(103)85-70-108-110-109(71-85)121(111-91(74-36-18-12-19-37-74)65-80(114(7,8)9)66-92(111)75-38-20-13-21-39-75)107-69-83(118-102-49-31-26-44-90(102)95-67-81(54-59-105(95)118)116-98-45-27-22-40-86(98)87-41-23-28-46-99(87)116)53-56-97(107)115(110)96-55-52-82(117-100-47-29-24-42-88(100)89-43-25-30-48-101(89)117)68-106(96)120(108)84-61-76(72-32-14-10-15-33-72)60-77(62-84)73-34-16-11-17-35-73/h10-71H,1-9H3. The molecule has 0 atom stereocenters. The van der Waals surface area contributed by atoms with Crippen LogP contribution in [-0.4, -0.2) is 25.0 Å². The van der Waals surface area contributed by atoms with Crippen LogP contribution in [0.2, 0.25) is 0 Å². The number of aromatic nitrogens is 4. The van der Waals surface area contributed by atoms with E-state index >= 15 is 0 Å². The van der Waals surface area contributed by atoms with Gasteiger partial charge in [0.2, 0.25) is 0 Å². The fraction of sp³-hybridized carbons (Fsp3) is 0.105. The SMILES string of the molecule is CC(C)(C)c1cc(-c2ccccc2)c(N2c3cc(-n4c5ccccc5c5cc(-n6c7ccccc7c7ccccc76)ccc54)ccc3B3c4ccc(-n5c6ccccc6c6ccccc65)cc4N(c4cc(-c5ccccc5)cc(-c5ccccc5)c4)c4cc(-n5c6ccc(C(C)(C)C)cc6c6cc(C(C)(C)C)ccc65)cc2c43)c(-c2ccccc2)c1. The molecule has 0 amide bonds. The molecule has 6 nitrogen and oxygen atoms in total. The summed E-state index contributed by atoms with van der Waals surface area (Å²) in [5.41, 5.74) is 36.2. The lowest BCUT2D eigenvalue weighted by atomic mass is 9.33. The Labute approximate surface area is 706 Å². The van der Waals surface area contributed by atoms with Gasteiger partial charge in [-0.1, -0.05) is 299 Å². The van der Waals surface area contributed by atoms with Crippen molar-refractivity contribution in [2.75, 3.05) is 9.80 Å². The summed E-state index contributed by atoms with van der Waals surface area (Å²) in [5.74, 6) is 0. The molecule has 21 aromatic rings. The lowest BCUT2D eigenvalue weighted by Gasteiger charge is -2.45. The van der Waals surface area contributed by atoms with Gasteiger partial charge in [0.25, 0.3) is 6.71 Å². The summed E-state index contributed by atoms with van der Waals surface area (Å²) in [6, 6.07) is 143. The average Bonchev–Trinajstić information content (AvgIpc) is 1.36. The summed E-state index contributed by atoms with van der Waals surface area (Å²) >= 11 is 0. The minimum absolute atomic E-state index is 0.119. The molecule has 0 aliphatic carbocycles. The van der Waals surface area contributed by atoms with Gasteiger partial charge in [-0.05, 0) is 222 Å². The van der Waals surface area contributed by atoms with Gasteiger partial charge in [0, 0.05) is 99.7 Å². The molecule has 0 N–H and O–H groups in total. The number of nitrogens with zero attached hydrogens (tertiary/aromatic N) is 6. The zero-order valence-corrected chi connectivity index (χ0v) is 69.6. The Balaban J connectivity index is 0.892. The predicted molar refractivity (Wildman–Crippen MR) is 516 cm³/mol. The van der Waals surface area contributed by atoms with E-state index in [2.05, 4.69) is 466 Å². The normalized spacial score (nSPS) is 13.0. The molecule has 0 bridgehead atoms. The molecule has 121 heavy (non-hydrogen) atoms. The Morgan fingerprint density at radius 2 is 0.504 bits per heavy atom. The van der Waals surface area contributed by atoms with Gasteiger partial charge in [-0.2, -0.15) is 0 Å². The molecule has 0 spiro atoms. The minimum atomic E-state index is -0.313. The van der Waals surface area contributed by atoms with Gasteiger partial charge in [-0.15, -0.1) is 0 Å². The molecule has 578 valence electrons. The highest BCUT2D eigenvalue weighted by atomic mass is 15.2. The van der Waals surface area contributed by atoms with Gasteiger partial charge in [-0.3, -0.25) is 0 Å². The highest BCUT2D eigenvalue weighted by Crippen LogP contribution is 2.55. The summed E-state index contributed by atoms with van der Waals surface area (Å²) in [7, 11) is 0. The first kappa shape index (κ1) is 71.9. The highest BCUT2D eigenvalue weighted by Gasteiger charge is 2.46. The number of rotatable bonds is 10. The Hall–Kier alpha value is -14.4. The molecule has 0 saturated carbocycles. The number of hydrogen-bond acceptors (Lipinski definition) is 2. The summed E-state index contributed by atoms with van der Waals surface area (Å²) in [6.07, 6.45) is 0. The quantitative estimate of drug-likeness (QED) is 0.128. The second-order valence-electron chi connectivity index (χ2n) is 36.5. The van der Waals surface area contributed by atoms with Crippen molar-refractivity contribution in [2.45, 2.75) is 78.6 Å². The van der Waals surface area contributed by atoms with E-state index in [-0.39, 0.29) is 23.0 Å². The molecule has 0 saturated heterocycles. The third kappa shape index (κ3) is 11.4. The Morgan fingerprint density at radius 3 is 0.909 bits per heavy atom. The van der Waals surface area contributed by atoms with Crippen LogP contribution < -0.4 is 26.2 Å². The fourth-order valence-electron chi connectivity index (χ4n) is 20.2. The molecule has 0 fully saturated rings.